The normalized spacial score (nSPS) is 19.7. The Balaban J connectivity index is 1.62. The number of aliphatic imine (C=N–C) groups is 1. The molecule has 1 saturated heterocycles. The lowest BCUT2D eigenvalue weighted by Crippen LogP contribution is -2.42. The lowest BCUT2D eigenvalue weighted by atomic mass is 9.92. The van der Waals surface area contributed by atoms with Gasteiger partial charge in [-0.15, -0.1) is 0 Å². The first-order valence-corrected chi connectivity index (χ1v) is 13.2. The van der Waals surface area contributed by atoms with Crippen molar-refractivity contribution in [2.45, 2.75) is 25.8 Å². The van der Waals surface area contributed by atoms with Gasteiger partial charge in [-0.3, -0.25) is 9.69 Å². The summed E-state index contributed by atoms with van der Waals surface area (Å²) in [7, 11) is 4.50. The van der Waals surface area contributed by atoms with Crippen LogP contribution in [0.4, 0.5) is 0 Å². The number of benzene rings is 1. The van der Waals surface area contributed by atoms with Crippen LogP contribution in [0.3, 0.4) is 0 Å². The molecule has 3 aliphatic rings. The zero-order chi connectivity index (χ0) is 26.4. The molecule has 0 aliphatic carbocycles. The van der Waals surface area contributed by atoms with E-state index in [1.807, 2.05) is 29.4 Å². The van der Waals surface area contributed by atoms with Gasteiger partial charge in [-0.05, 0) is 17.9 Å². The first-order chi connectivity index (χ1) is 18.0. The SMILES string of the molecule is CCC1=C(C(=O)OC)[C@@H](c2cccc(OC)c2OC)N2C(CC(=O)NCCN3CCOCC3)=CSC2=N1. The number of morpholine rings is 1. The Hall–Kier alpha value is -3.02. The summed E-state index contributed by atoms with van der Waals surface area (Å²) in [4.78, 5) is 35.1. The second-order valence-corrected chi connectivity index (χ2v) is 9.50. The number of esters is 1. The summed E-state index contributed by atoms with van der Waals surface area (Å²) in [6.45, 7) is 6.47. The number of carbonyl (C=O) groups excluding carboxylic acids is 2. The molecule has 0 saturated carbocycles. The summed E-state index contributed by atoms with van der Waals surface area (Å²) < 4.78 is 21.9. The maximum absolute atomic E-state index is 13.1. The number of allylic oxidation sites excluding steroid dienone is 1. The number of rotatable bonds is 10. The Labute approximate surface area is 221 Å². The predicted molar refractivity (Wildman–Crippen MR) is 141 cm³/mol. The predicted octanol–water partition coefficient (Wildman–Crippen LogP) is 2.68. The van der Waals surface area contributed by atoms with Crippen molar-refractivity contribution < 1.29 is 28.5 Å². The van der Waals surface area contributed by atoms with E-state index in [-0.39, 0.29) is 12.3 Å². The minimum atomic E-state index is -0.595. The number of carbonyl (C=O) groups is 2. The van der Waals surface area contributed by atoms with Gasteiger partial charge in [0.2, 0.25) is 5.91 Å². The molecule has 0 bridgehead atoms. The minimum absolute atomic E-state index is 0.0948. The molecule has 4 rings (SSSR count). The Bertz CT molecular complexity index is 1110. The van der Waals surface area contributed by atoms with E-state index in [0.717, 1.165) is 44.1 Å². The highest BCUT2D eigenvalue weighted by atomic mass is 32.2. The lowest BCUT2D eigenvalue weighted by Gasteiger charge is -2.37. The van der Waals surface area contributed by atoms with Gasteiger partial charge < -0.3 is 29.2 Å². The molecule has 0 radical (unpaired) electrons. The Kier molecular flexibility index (Phi) is 9.12. The van der Waals surface area contributed by atoms with Gasteiger partial charge >= 0.3 is 5.97 Å². The molecule has 0 aromatic heterocycles. The molecule has 1 atom stereocenters. The zero-order valence-electron chi connectivity index (χ0n) is 21.7. The van der Waals surface area contributed by atoms with Gasteiger partial charge in [0.25, 0.3) is 0 Å². The number of hydrogen-bond donors (Lipinski definition) is 1. The topological polar surface area (TPSA) is 102 Å². The number of methoxy groups -OCH3 is 3. The van der Waals surface area contributed by atoms with E-state index in [9.17, 15) is 9.59 Å². The van der Waals surface area contributed by atoms with Crippen LogP contribution in [0.15, 0.2) is 45.6 Å². The van der Waals surface area contributed by atoms with E-state index >= 15 is 0 Å². The fraction of sp³-hybridized carbons (Fsp3) is 0.500. The molecule has 1 fully saturated rings. The van der Waals surface area contributed by atoms with Gasteiger partial charge in [-0.2, -0.15) is 0 Å². The molecule has 3 heterocycles. The second-order valence-electron chi connectivity index (χ2n) is 8.66. The van der Waals surface area contributed by atoms with Crippen molar-refractivity contribution in [2.75, 3.05) is 60.7 Å². The van der Waals surface area contributed by atoms with Crippen molar-refractivity contribution >= 4 is 28.8 Å². The van der Waals surface area contributed by atoms with Crippen LogP contribution < -0.4 is 14.8 Å². The van der Waals surface area contributed by atoms with Crippen LogP contribution in [0.2, 0.25) is 0 Å². The monoisotopic (exact) mass is 530 g/mol. The van der Waals surface area contributed by atoms with E-state index < -0.39 is 12.0 Å². The van der Waals surface area contributed by atoms with Crippen LogP contribution in [0, 0.1) is 0 Å². The van der Waals surface area contributed by atoms with Crippen molar-refractivity contribution in [2.24, 2.45) is 4.99 Å². The van der Waals surface area contributed by atoms with Gasteiger partial charge in [0.05, 0.1) is 58.3 Å². The van der Waals surface area contributed by atoms with E-state index in [0.29, 0.717) is 40.9 Å². The van der Waals surface area contributed by atoms with E-state index in [4.69, 9.17) is 23.9 Å². The van der Waals surface area contributed by atoms with Crippen LogP contribution in [0.5, 0.6) is 11.5 Å². The molecule has 11 heteroatoms. The number of amidine groups is 1. The molecule has 200 valence electrons. The third-order valence-electron chi connectivity index (χ3n) is 6.55. The van der Waals surface area contributed by atoms with E-state index in [2.05, 4.69) is 10.2 Å². The summed E-state index contributed by atoms with van der Waals surface area (Å²) in [6.07, 6.45) is 0.691. The average Bonchev–Trinajstić information content (AvgIpc) is 3.33. The van der Waals surface area contributed by atoms with Gasteiger partial charge in [-0.1, -0.05) is 30.8 Å². The number of para-hydroxylation sites is 1. The molecular formula is C26H34N4O6S. The average molecular weight is 531 g/mol. The fourth-order valence-electron chi connectivity index (χ4n) is 4.74. The maximum Gasteiger partial charge on any atom is 0.338 e. The number of amides is 1. The van der Waals surface area contributed by atoms with Crippen molar-refractivity contribution in [1.29, 1.82) is 0 Å². The van der Waals surface area contributed by atoms with Crippen LogP contribution in [0.1, 0.15) is 31.4 Å². The Morgan fingerprint density at radius 3 is 2.65 bits per heavy atom. The van der Waals surface area contributed by atoms with Gasteiger partial charge in [0.1, 0.15) is 0 Å². The maximum atomic E-state index is 13.1. The summed E-state index contributed by atoms with van der Waals surface area (Å²) in [5, 5.41) is 5.65. The summed E-state index contributed by atoms with van der Waals surface area (Å²) in [6, 6.07) is 4.96. The first-order valence-electron chi connectivity index (χ1n) is 12.3. The highest BCUT2D eigenvalue weighted by molar-refractivity contribution is 8.16. The number of thioether (sulfide) groups is 1. The molecule has 1 N–H and O–H groups in total. The van der Waals surface area contributed by atoms with Gasteiger partial charge in [0.15, 0.2) is 16.7 Å². The van der Waals surface area contributed by atoms with Crippen LogP contribution in [-0.4, -0.2) is 87.6 Å². The molecule has 0 spiro atoms. The lowest BCUT2D eigenvalue weighted by molar-refractivity contribution is -0.136. The fourth-order valence-corrected chi connectivity index (χ4v) is 5.68. The summed E-state index contributed by atoms with van der Waals surface area (Å²) in [5.41, 5.74) is 2.53. The second kappa shape index (κ2) is 12.5. The highest BCUT2D eigenvalue weighted by Gasteiger charge is 2.43. The smallest absolute Gasteiger partial charge is 0.338 e. The number of nitrogens with zero attached hydrogens (tertiary/aromatic N) is 3. The third kappa shape index (κ3) is 5.78. The third-order valence-corrected chi connectivity index (χ3v) is 7.44. The zero-order valence-corrected chi connectivity index (χ0v) is 22.6. The molecular weight excluding hydrogens is 496 g/mol. The quantitative estimate of drug-likeness (QED) is 0.458. The number of nitrogens with one attached hydrogen (secondary N) is 1. The largest absolute Gasteiger partial charge is 0.493 e. The summed E-state index contributed by atoms with van der Waals surface area (Å²) in [5.74, 6) is 0.493. The number of fused-ring (bicyclic) bond motifs is 1. The molecule has 10 nitrogen and oxygen atoms in total. The molecule has 1 aromatic rings. The summed E-state index contributed by atoms with van der Waals surface area (Å²) >= 11 is 1.44. The van der Waals surface area contributed by atoms with Gasteiger partial charge in [0, 0.05) is 37.4 Å². The molecule has 1 amide bonds. The van der Waals surface area contributed by atoms with Crippen molar-refractivity contribution in [3.63, 3.8) is 0 Å². The Morgan fingerprint density at radius 1 is 1.19 bits per heavy atom. The van der Waals surface area contributed by atoms with Crippen molar-refractivity contribution in [1.82, 2.24) is 15.1 Å². The molecule has 1 aromatic carbocycles. The van der Waals surface area contributed by atoms with Crippen LogP contribution in [-0.2, 0) is 19.1 Å². The van der Waals surface area contributed by atoms with Crippen LogP contribution >= 0.6 is 11.8 Å². The van der Waals surface area contributed by atoms with E-state index in [1.165, 1.54) is 18.9 Å². The highest BCUT2D eigenvalue weighted by Crippen LogP contribution is 2.49. The first kappa shape index (κ1) is 27.0. The van der Waals surface area contributed by atoms with Gasteiger partial charge in [-0.25, -0.2) is 9.79 Å². The number of hydrogen-bond acceptors (Lipinski definition) is 10. The standard InChI is InChI=1S/C26H34N4O6S/c1-5-19-22(25(32)35-4)23(18-7-6-8-20(33-2)24(18)34-3)30-17(16-37-26(30)28-19)15-21(31)27-9-10-29-11-13-36-14-12-29/h6-8,16,23H,5,9-15H2,1-4H3,(H,27,31)/t23-/m1/s1. The van der Waals surface area contributed by atoms with Crippen molar-refractivity contribution in [3.05, 3.63) is 46.1 Å². The van der Waals surface area contributed by atoms with E-state index in [1.54, 1.807) is 20.3 Å². The molecule has 37 heavy (non-hydrogen) atoms. The molecule has 3 aliphatic heterocycles. The van der Waals surface area contributed by atoms with Crippen molar-refractivity contribution in [3.8, 4) is 11.5 Å². The minimum Gasteiger partial charge on any atom is -0.493 e. The van der Waals surface area contributed by atoms with Crippen LogP contribution in [0.25, 0.3) is 0 Å². The number of ether oxygens (including phenoxy) is 4. The Morgan fingerprint density at radius 2 is 1.97 bits per heavy atom. The molecule has 0 unspecified atom stereocenters.